The Bertz CT molecular complexity index is 1370. The van der Waals surface area contributed by atoms with Gasteiger partial charge in [0.1, 0.15) is 12.1 Å². The molecule has 0 saturated carbocycles. The van der Waals surface area contributed by atoms with Crippen molar-refractivity contribution in [3.8, 4) is 0 Å². The lowest BCUT2D eigenvalue weighted by molar-refractivity contribution is -0.147. The van der Waals surface area contributed by atoms with Gasteiger partial charge in [0.05, 0.1) is 31.1 Å². The molecule has 0 spiro atoms. The highest BCUT2D eigenvalue weighted by molar-refractivity contribution is 8.00. The minimum atomic E-state index is -1.66. The number of carbonyl (C=O) groups excluding carboxylic acids is 3. The minimum Gasteiger partial charge on any atom is -0.443 e. The molecule has 12 heteroatoms. The first-order chi connectivity index (χ1) is 20.9. The van der Waals surface area contributed by atoms with E-state index >= 15 is 0 Å². The fourth-order valence-electron chi connectivity index (χ4n) is 6.18. The molecule has 3 aliphatic rings. The number of aliphatic hydroxyl groups excluding tert-OH is 1. The molecule has 0 bridgehead atoms. The fourth-order valence-corrected chi connectivity index (χ4v) is 7.54. The third-order valence-corrected chi connectivity index (χ3v) is 10.3. The lowest BCUT2D eigenvalue weighted by atomic mass is 9.97. The number of carbonyl (C=O) groups is 3. The van der Waals surface area contributed by atoms with E-state index in [1.54, 1.807) is 24.3 Å². The van der Waals surface area contributed by atoms with E-state index in [9.17, 15) is 19.5 Å². The minimum absolute atomic E-state index is 0.0646. The smallest absolute Gasteiger partial charge is 0.407 e. The molecule has 5 rings (SSSR count). The van der Waals surface area contributed by atoms with Crippen molar-refractivity contribution in [2.24, 2.45) is 5.92 Å². The van der Waals surface area contributed by atoms with Gasteiger partial charge < -0.3 is 34.9 Å². The van der Waals surface area contributed by atoms with Crippen molar-refractivity contribution in [1.82, 2.24) is 15.5 Å². The molecule has 44 heavy (non-hydrogen) atoms. The molecular formula is C32H40ClN3O7S. The molecule has 2 aromatic carbocycles. The number of aryl methyl sites for hydroxylation is 2. The van der Waals surface area contributed by atoms with E-state index in [1.807, 2.05) is 45.9 Å². The number of ether oxygens (including phenoxy) is 3. The van der Waals surface area contributed by atoms with Gasteiger partial charge >= 0.3 is 6.09 Å². The van der Waals surface area contributed by atoms with E-state index < -0.39 is 47.3 Å². The molecule has 0 aromatic heterocycles. The van der Waals surface area contributed by atoms with Crippen LogP contribution < -0.4 is 10.6 Å². The first-order valence-corrected chi connectivity index (χ1v) is 16.2. The zero-order chi connectivity index (χ0) is 31.6. The van der Waals surface area contributed by atoms with E-state index in [0.29, 0.717) is 30.2 Å². The Morgan fingerprint density at radius 3 is 2.61 bits per heavy atom. The highest BCUT2D eigenvalue weighted by Crippen LogP contribution is 2.40. The molecule has 0 radical (unpaired) electrons. The van der Waals surface area contributed by atoms with E-state index in [1.165, 1.54) is 16.7 Å². The number of thioether (sulfide) groups is 1. The van der Waals surface area contributed by atoms with Gasteiger partial charge in [-0.15, -0.1) is 11.8 Å². The maximum Gasteiger partial charge on any atom is 0.407 e. The lowest BCUT2D eigenvalue weighted by Gasteiger charge is -2.33. The second kappa shape index (κ2) is 13.7. The molecule has 3 saturated heterocycles. The summed E-state index contributed by atoms with van der Waals surface area (Å²) in [4.78, 5) is 42.1. The summed E-state index contributed by atoms with van der Waals surface area (Å²) in [5.41, 5.74) is 3.86. The first-order valence-electron chi connectivity index (χ1n) is 14.8. The van der Waals surface area contributed by atoms with E-state index in [0.717, 1.165) is 16.7 Å². The van der Waals surface area contributed by atoms with Crippen molar-refractivity contribution in [3.05, 3.63) is 69.7 Å². The highest BCUT2D eigenvalue weighted by Gasteiger charge is 2.50. The number of alkyl carbamates (subject to hydrolysis) is 1. The molecular weight excluding hydrogens is 606 g/mol. The monoisotopic (exact) mass is 645 g/mol. The number of nitrogens with zero attached hydrogens (tertiary/aromatic N) is 1. The largest absolute Gasteiger partial charge is 0.443 e. The summed E-state index contributed by atoms with van der Waals surface area (Å²) in [6.45, 7) is 8.86. The quantitative estimate of drug-likeness (QED) is 0.377. The standard InChI is InChI=1S/C32H40ClN3O7S/c1-18-7-5-8-19(2)23(18)15-34-28(38)27-32(3,4)44-17-36(27)29(39)26(37)24(14-20-9-6-10-21(33)13-20)35-31(40)43-25-16-42-30-22(25)11-12-41-30/h5-10,13,22,24-27,30,37H,11-12,14-17H2,1-4H3,(H,34,38)(H,35,40)/t22-,24-,25-,26-,27+,30+/m0/s1. The predicted molar refractivity (Wildman–Crippen MR) is 167 cm³/mol. The van der Waals surface area contributed by atoms with E-state index in [-0.39, 0.29) is 30.7 Å². The molecule has 3 heterocycles. The summed E-state index contributed by atoms with van der Waals surface area (Å²) in [5.74, 6) is -0.820. The van der Waals surface area contributed by atoms with Crippen LogP contribution in [-0.2, 0) is 36.8 Å². The number of aliphatic hydroxyl groups is 1. The number of hydrogen-bond acceptors (Lipinski definition) is 8. The second-order valence-corrected chi connectivity index (χ2v) is 14.2. The number of hydrogen-bond donors (Lipinski definition) is 3. The molecule has 6 atom stereocenters. The average Bonchev–Trinajstić information content (AvgIpc) is 3.67. The Balaban J connectivity index is 1.31. The van der Waals surface area contributed by atoms with Gasteiger partial charge in [0.15, 0.2) is 12.4 Å². The summed E-state index contributed by atoms with van der Waals surface area (Å²) in [5, 5.41) is 17.7. The third kappa shape index (κ3) is 7.18. The second-order valence-electron chi connectivity index (χ2n) is 12.2. The maximum absolute atomic E-state index is 13.9. The van der Waals surface area contributed by atoms with Crippen molar-refractivity contribution < 1.29 is 33.7 Å². The summed E-state index contributed by atoms with van der Waals surface area (Å²) in [6.07, 6.45) is -2.51. The van der Waals surface area contributed by atoms with Gasteiger partial charge in [0.25, 0.3) is 5.91 Å². The molecule has 2 aromatic rings. The molecule has 3 N–H and O–H groups in total. The van der Waals surface area contributed by atoms with Crippen LogP contribution in [0.5, 0.6) is 0 Å². The van der Waals surface area contributed by atoms with Gasteiger partial charge in [-0.25, -0.2) is 4.79 Å². The van der Waals surface area contributed by atoms with Crippen LogP contribution in [0.2, 0.25) is 5.02 Å². The van der Waals surface area contributed by atoms with Crippen LogP contribution >= 0.6 is 23.4 Å². The summed E-state index contributed by atoms with van der Waals surface area (Å²) in [6, 6.07) is 11.0. The van der Waals surface area contributed by atoms with Gasteiger partial charge in [0, 0.05) is 16.3 Å². The number of benzene rings is 2. The topological polar surface area (TPSA) is 126 Å². The molecule has 0 aliphatic carbocycles. The number of halogens is 1. The Labute approximate surface area is 267 Å². The zero-order valence-corrected chi connectivity index (χ0v) is 27.0. The first kappa shape index (κ1) is 32.6. The van der Waals surface area contributed by atoms with Crippen molar-refractivity contribution in [2.45, 2.75) is 82.4 Å². The summed E-state index contributed by atoms with van der Waals surface area (Å²) < 4.78 is 16.2. The fraction of sp³-hybridized carbons (Fsp3) is 0.531. The normalized spacial score (nSPS) is 25.3. The highest BCUT2D eigenvalue weighted by atomic mass is 35.5. The van der Waals surface area contributed by atoms with Crippen LogP contribution in [0.25, 0.3) is 0 Å². The van der Waals surface area contributed by atoms with E-state index in [4.69, 9.17) is 25.8 Å². The Morgan fingerprint density at radius 2 is 1.89 bits per heavy atom. The Hall–Kier alpha value is -2.83. The zero-order valence-electron chi connectivity index (χ0n) is 25.4. The lowest BCUT2D eigenvalue weighted by Crippen LogP contribution is -2.58. The van der Waals surface area contributed by atoms with Crippen LogP contribution in [0.15, 0.2) is 42.5 Å². The average molecular weight is 646 g/mol. The molecule has 3 amide bonds. The van der Waals surface area contributed by atoms with Crippen molar-refractivity contribution in [3.63, 3.8) is 0 Å². The summed E-state index contributed by atoms with van der Waals surface area (Å²) >= 11 is 7.66. The Kier molecular flexibility index (Phi) is 10.1. The molecule has 3 aliphatic heterocycles. The molecule has 3 fully saturated rings. The molecule has 238 valence electrons. The number of rotatable bonds is 9. The van der Waals surface area contributed by atoms with Gasteiger partial charge in [0.2, 0.25) is 5.91 Å². The Morgan fingerprint density at radius 1 is 1.16 bits per heavy atom. The molecule has 0 unspecified atom stereocenters. The van der Waals surface area contributed by atoms with Gasteiger partial charge in [-0.3, -0.25) is 9.59 Å². The van der Waals surface area contributed by atoms with Crippen LogP contribution in [0.4, 0.5) is 4.79 Å². The summed E-state index contributed by atoms with van der Waals surface area (Å²) in [7, 11) is 0. The number of fused-ring (bicyclic) bond motifs is 1. The van der Waals surface area contributed by atoms with Crippen LogP contribution in [0.1, 0.15) is 42.5 Å². The number of amides is 3. The predicted octanol–water partition coefficient (Wildman–Crippen LogP) is 3.71. The van der Waals surface area contributed by atoms with Crippen molar-refractivity contribution in [2.75, 3.05) is 19.1 Å². The van der Waals surface area contributed by atoms with Crippen LogP contribution in [0.3, 0.4) is 0 Å². The van der Waals surface area contributed by atoms with Gasteiger partial charge in [-0.2, -0.15) is 0 Å². The van der Waals surface area contributed by atoms with E-state index in [2.05, 4.69) is 10.6 Å². The van der Waals surface area contributed by atoms with Crippen molar-refractivity contribution >= 4 is 41.3 Å². The van der Waals surface area contributed by atoms with Crippen LogP contribution in [-0.4, -0.2) is 82.3 Å². The van der Waals surface area contributed by atoms with Gasteiger partial charge in [-0.05, 0) is 74.9 Å². The maximum atomic E-state index is 13.9. The van der Waals surface area contributed by atoms with Crippen LogP contribution in [0, 0.1) is 19.8 Å². The SMILES string of the molecule is Cc1cccc(C)c1CNC(=O)[C@H]1N(C(=O)[C@@H](O)[C@H](Cc2cccc(Cl)c2)NC(=O)O[C@H]2CO[C@H]3OCC[C@H]32)CSC1(C)C. The number of nitrogens with one attached hydrogen (secondary N) is 2. The molecule has 10 nitrogen and oxygen atoms in total. The third-order valence-electron chi connectivity index (χ3n) is 8.69. The van der Waals surface area contributed by atoms with Crippen molar-refractivity contribution in [1.29, 1.82) is 0 Å². The van der Waals surface area contributed by atoms with Gasteiger partial charge in [-0.1, -0.05) is 41.9 Å².